The number of hydrogen-bond donors (Lipinski definition) is 1. The van der Waals surface area contributed by atoms with Crippen LogP contribution in [0.4, 0.5) is 0 Å². The molecule has 9 heteroatoms. The van der Waals surface area contributed by atoms with Crippen molar-refractivity contribution in [2.75, 3.05) is 41.2 Å². The Balaban J connectivity index is 1.61. The second-order valence-corrected chi connectivity index (χ2v) is 12.9. The van der Waals surface area contributed by atoms with E-state index in [1.54, 1.807) is 21.3 Å². The molecule has 5 aliphatic carbocycles. The van der Waals surface area contributed by atoms with E-state index in [-0.39, 0.29) is 60.3 Å². The zero-order valence-electron chi connectivity index (χ0n) is 22.3. The molecule has 202 valence electrons. The van der Waals surface area contributed by atoms with Crippen LogP contribution in [0.15, 0.2) is 0 Å². The van der Waals surface area contributed by atoms with Gasteiger partial charge < -0.3 is 33.5 Å². The molecule has 7 fully saturated rings. The Bertz CT molecular complexity index is 979. The Morgan fingerprint density at radius 3 is 2.53 bits per heavy atom. The van der Waals surface area contributed by atoms with E-state index < -0.39 is 28.3 Å². The molecule has 1 N–H and O–H groups in total. The number of rotatable bonds is 5. The molecule has 2 heterocycles. The molecular formula is C27H41NO8. The SMILES string of the molecule is CCN1C[C@]2(C)CC[C@H](OC)[C@@]34C1[C@@]1(OCO[C@@]15C[C@H](OC)[C@H]1C[C@]3(O)C5[C@H]1OC)[C@@H](OC(C)=O)[C@H]24. The minimum Gasteiger partial charge on any atom is -0.459 e. The van der Waals surface area contributed by atoms with Crippen molar-refractivity contribution in [3.8, 4) is 0 Å². The summed E-state index contributed by atoms with van der Waals surface area (Å²) >= 11 is 0. The molecule has 7 bridgehead atoms. The average molecular weight is 508 g/mol. The fourth-order valence-electron chi connectivity index (χ4n) is 11.7. The summed E-state index contributed by atoms with van der Waals surface area (Å²) in [5.74, 6) is -0.771. The molecule has 0 aromatic rings. The molecular weight excluding hydrogens is 466 g/mol. The molecule has 0 radical (unpaired) electrons. The van der Waals surface area contributed by atoms with Crippen molar-refractivity contribution in [1.82, 2.24) is 4.90 Å². The van der Waals surface area contributed by atoms with Crippen LogP contribution in [0, 0.1) is 28.6 Å². The molecule has 2 aliphatic heterocycles. The Morgan fingerprint density at radius 2 is 1.89 bits per heavy atom. The van der Waals surface area contributed by atoms with Crippen molar-refractivity contribution in [2.45, 2.75) is 93.7 Å². The number of carbonyl (C=O) groups excluding carboxylic acids is 1. The highest BCUT2D eigenvalue weighted by atomic mass is 16.7. The zero-order chi connectivity index (χ0) is 25.5. The maximum absolute atomic E-state index is 13.4. The molecule has 2 unspecified atom stereocenters. The van der Waals surface area contributed by atoms with Crippen LogP contribution < -0.4 is 0 Å². The van der Waals surface area contributed by atoms with Gasteiger partial charge in [-0.25, -0.2) is 0 Å². The van der Waals surface area contributed by atoms with Gasteiger partial charge in [0.2, 0.25) is 0 Å². The van der Waals surface area contributed by atoms with Gasteiger partial charge in [0.25, 0.3) is 0 Å². The van der Waals surface area contributed by atoms with Gasteiger partial charge in [0, 0.05) is 59.0 Å². The van der Waals surface area contributed by atoms with Crippen LogP contribution in [0.1, 0.15) is 46.5 Å². The van der Waals surface area contributed by atoms with E-state index in [4.69, 9.17) is 28.4 Å². The van der Waals surface area contributed by atoms with Crippen molar-refractivity contribution in [1.29, 1.82) is 0 Å². The van der Waals surface area contributed by atoms with Gasteiger partial charge in [0.1, 0.15) is 18.5 Å². The molecule has 3 spiro atoms. The smallest absolute Gasteiger partial charge is 0.303 e. The second kappa shape index (κ2) is 7.23. The summed E-state index contributed by atoms with van der Waals surface area (Å²) in [5.41, 5.74) is -3.94. The summed E-state index contributed by atoms with van der Waals surface area (Å²) in [4.78, 5) is 15.3. The molecule has 0 aromatic carbocycles. The van der Waals surface area contributed by atoms with Crippen LogP contribution in [0.3, 0.4) is 0 Å². The van der Waals surface area contributed by atoms with E-state index in [9.17, 15) is 9.90 Å². The van der Waals surface area contributed by atoms with Gasteiger partial charge in [-0.3, -0.25) is 9.69 Å². The summed E-state index contributed by atoms with van der Waals surface area (Å²) in [6, 6.07) is -0.224. The number of likely N-dealkylation sites (N-methyl/N-ethyl adjacent to an activating group) is 1. The lowest BCUT2D eigenvalue weighted by atomic mass is 9.41. The molecule has 13 atom stereocenters. The molecule has 9 nitrogen and oxygen atoms in total. The Labute approximate surface area is 213 Å². The van der Waals surface area contributed by atoms with Crippen LogP contribution in [-0.2, 0) is 33.2 Å². The van der Waals surface area contributed by atoms with Gasteiger partial charge >= 0.3 is 5.97 Å². The van der Waals surface area contributed by atoms with Crippen molar-refractivity contribution in [2.24, 2.45) is 28.6 Å². The molecule has 7 rings (SSSR count). The molecule has 7 aliphatic rings. The first-order chi connectivity index (χ1) is 17.2. The Kier molecular flexibility index (Phi) is 4.87. The van der Waals surface area contributed by atoms with Gasteiger partial charge in [-0.1, -0.05) is 13.8 Å². The number of nitrogens with zero attached hydrogens (tertiary/aromatic N) is 1. The Morgan fingerprint density at radius 1 is 1.11 bits per heavy atom. The minimum absolute atomic E-state index is 0.0317. The predicted octanol–water partition coefficient (Wildman–Crippen LogP) is 1.35. The van der Waals surface area contributed by atoms with Gasteiger partial charge in [-0.15, -0.1) is 0 Å². The number of piperidine rings is 1. The maximum Gasteiger partial charge on any atom is 0.303 e. The van der Waals surface area contributed by atoms with Crippen molar-refractivity contribution >= 4 is 5.97 Å². The number of methoxy groups -OCH3 is 3. The van der Waals surface area contributed by atoms with E-state index in [2.05, 4.69) is 18.7 Å². The third-order valence-corrected chi connectivity index (χ3v) is 12.2. The van der Waals surface area contributed by atoms with Crippen molar-refractivity contribution < 1.29 is 38.3 Å². The van der Waals surface area contributed by atoms with Crippen LogP contribution in [-0.4, -0.2) is 104 Å². The summed E-state index contributed by atoms with van der Waals surface area (Å²) in [5, 5.41) is 13.4. The molecule has 5 saturated carbocycles. The normalized spacial score (nSPS) is 60.2. The highest BCUT2D eigenvalue weighted by Gasteiger charge is 2.97. The molecule has 36 heavy (non-hydrogen) atoms. The number of ether oxygens (including phenoxy) is 6. The fourth-order valence-corrected chi connectivity index (χ4v) is 11.7. The first-order valence-corrected chi connectivity index (χ1v) is 13.7. The van der Waals surface area contributed by atoms with Crippen LogP contribution in [0.25, 0.3) is 0 Å². The van der Waals surface area contributed by atoms with Crippen molar-refractivity contribution in [3.05, 3.63) is 0 Å². The maximum atomic E-state index is 13.4. The van der Waals surface area contributed by atoms with E-state index in [1.807, 2.05) is 0 Å². The molecule has 2 saturated heterocycles. The zero-order valence-corrected chi connectivity index (χ0v) is 22.3. The van der Waals surface area contributed by atoms with E-state index >= 15 is 0 Å². The van der Waals surface area contributed by atoms with Gasteiger partial charge in [0.05, 0.1) is 35.4 Å². The third kappa shape index (κ3) is 2.16. The van der Waals surface area contributed by atoms with Gasteiger partial charge in [-0.05, 0) is 31.2 Å². The second-order valence-electron chi connectivity index (χ2n) is 12.9. The first-order valence-electron chi connectivity index (χ1n) is 13.7. The van der Waals surface area contributed by atoms with Gasteiger partial charge in [0.15, 0.2) is 5.60 Å². The monoisotopic (exact) mass is 507 g/mol. The number of hydrogen-bond acceptors (Lipinski definition) is 9. The van der Waals surface area contributed by atoms with E-state index in [0.29, 0.717) is 12.8 Å². The molecule has 0 amide bonds. The minimum atomic E-state index is -1.16. The average Bonchev–Trinajstić information content (AvgIpc) is 3.40. The highest BCUT2D eigenvalue weighted by Crippen LogP contribution is 2.83. The summed E-state index contributed by atoms with van der Waals surface area (Å²) < 4.78 is 38.7. The van der Waals surface area contributed by atoms with E-state index in [0.717, 1.165) is 25.9 Å². The predicted molar refractivity (Wildman–Crippen MR) is 126 cm³/mol. The van der Waals surface area contributed by atoms with Gasteiger partial charge in [-0.2, -0.15) is 0 Å². The third-order valence-electron chi connectivity index (χ3n) is 12.2. The topological polar surface area (TPSA) is 95.9 Å². The largest absolute Gasteiger partial charge is 0.459 e. The number of carbonyl (C=O) groups is 1. The number of esters is 1. The number of likely N-dealkylation sites (tertiary alicyclic amines) is 1. The highest BCUT2D eigenvalue weighted by molar-refractivity contribution is 5.67. The van der Waals surface area contributed by atoms with Crippen LogP contribution >= 0.6 is 0 Å². The molecule has 0 aromatic heterocycles. The summed E-state index contributed by atoms with van der Waals surface area (Å²) in [6.45, 7) is 7.72. The standard InChI is InChI=1S/C27H41NO8/c1-7-28-12-23(3)9-8-17(32-5)26-20(23)21(36-14(2)29)27(22(26)28)25(34-13-35-27)11-16(31-4)15-10-24(26,30)19(25)18(15)33-6/h15-22,30H,7-13H2,1-6H3/t15-,16+,17+,18+,19?,20-,21+,22?,23+,24+,25-,26-,27+/m1/s1. The van der Waals surface area contributed by atoms with Crippen LogP contribution in [0.5, 0.6) is 0 Å². The number of fused-ring (bicyclic) bond motifs is 1. The fraction of sp³-hybridized carbons (Fsp3) is 0.963. The summed E-state index contributed by atoms with van der Waals surface area (Å²) in [7, 11) is 5.23. The van der Waals surface area contributed by atoms with E-state index in [1.165, 1.54) is 6.92 Å². The summed E-state index contributed by atoms with van der Waals surface area (Å²) in [6.07, 6.45) is 1.69. The van der Waals surface area contributed by atoms with Crippen LogP contribution in [0.2, 0.25) is 0 Å². The Hall–Kier alpha value is -0.810. The quantitative estimate of drug-likeness (QED) is 0.553. The number of aliphatic hydroxyl groups is 1. The lowest BCUT2D eigenvalue weighted by Gasteiger charge is -2.71. The first kappa shape index (κ1) is 24.2. The lowest BCUT2D eigenvalue weighted by Crippen LogP contribution is -2.85. The lowest BCUT2D eigenvalue weighted by molar-refractivity contribution is -0.332. The van der Waals surface area contributed by atoms with Crippen molar-refractivity contribution in [3.63, 3.8) is 0 Å².